The van der Waals surface area contributed by atoms with Crippen LogP contribution in [0.4, 0.5) is 18.0 Å². The maximum Gasteiger partial charge on any atom is 0.417 e. The minimum Gasteiger partial charge on any atom is -0.366 e. The van der Waals surface area contributed by atoms with Crippen LogP contribution in [0, 0.1) is 0 Å². The number of halogens is 3. The standard InChI is InChI=1S/C19H23F3N4O3/c20-19(21,22)13-1-2-14(23-9-13)12-3-6-25(7-4-12)18(28)26-8-5-16-15(10-26)24-17(27)11-29-16/h1-2,9,12,15-16H,3-8,10-11H2,(H,24,27). The highest BCUT2D eigenvalue weighted by Gasteiger charge is 2.38. The van der Waals surface area contributed by atoms with E-state index >= 15 is 0 Å². The summed E-state index contributed by atoms with van der Waals surface area (Å²) in [7, 11) is 0. The molecule has 7 nitrogen and oxygen atoms in total. The Morgan fingerprint density at radius 3 is 2.52 bits per heavy atom. The zero-order valence-electron chi connectivity index (χ0n) is 15.8. The lowest BCUT2D eigenvalue weighted by atomic mass is 9.93. The predicted octanol–water partition coefficient (Wildman–Crippen LogP) is 1.99. The van der Waals surface area contributed by atoms with Crippen LogP contribution in [0.15, 0.2) is 18.3 Å². The molecule has 0 radical (unpaired) electrons. The molecule has 3 aliphatic heterocycles. The number of likely N-dealkylation sites (tertiary alicyclic amines) is 2. The van der Waals surface area contributed by atoms with Crippen molar-refractivity contribution >= 4 is 11.9 Å². The van der Waals surface area contributed by atoms with E-state index in [0.717, 1.165) is 12.3 Å². The van der Waals surface area contributed by atoms with Crippen LogP contribution >= 0.6 is 0 Å². The van der Waals surface area contributed by atoms with Gasteiger partial charge in [-0.3, -0.25) is 9.78 Å². The summed E-state index contributed by atoms with van der Waals surface area (Å²) in [5, 5.41) is 2.89. The van der Waals surface area contributed by atoms with Crippen molar-refractivity contribution < 1.29 is 27.5 Å². The fraction of sp³-hybridized carbons (Fsp3) is 0.632. The molecule has 10 heteroatoms. The first-order valence-corrected chi connectivity index (χ1v) is 9.79. The molecule has 2 unspecified atom stereocenters. The topological polar surface area (TPSA) is 74.8 Å². The monoisotopic (exact) mass is 412 g/mol. The summed E-state index contributed by atoms with van der Waals surface area (Å²) in [4.78, 5) is 31.9. The minimum atomic E-state index is -4.39. The highest BCUT2D eigenvalue weighted by molar-refractivity contribution is 5.79. The SMILES string of the molecule is O=C1COC2CCN(C(=O)N3CCC(c4ccc(C(F)(F)F)cn4)CC3)CC2N1. The van der Waals surface area contributed by atoms with Crippen molar-refractivity contribution in [2.75, 3.05) is 32.8 Å². The van der Waals surface area contributed by atoms with Gasteiger partial charge >= 0.3 is 12.2 Å². The molecule has 4 rings (SSSR count). The molecular formula is C19H23F3N4O3. The Morgan fingerprint density at radius 1 is 1.14 bits per heavy atom. The molecule has 0 spiro atoms. The molecule has 3 aliphatic rings. The van der Waals surface area contributed by atoms with E-state index in [9.17, 15) is 22.8 Å². The largest absolute Gasteiger partial charge is 0.417 e. The summed E-state index contributed by atoms with van der Waals surface area (Å²) in [5.41, 5.74) is -0.121. The maximum atomic E-state index is 12.9. The summed E-state index contributed by atoms with van der Waals surface area (Å²) >= 11 is 0. The number of hydrogen-bond donors (Lipinski definition) is 1. The summed E-state index contributed by atoms with van der Waals surface area (Å²) in [5.74, 6) is -0.122. The molecule has 29 heavy (non-hydrogen) atoms. The lowest BCUT2D eigenvalue weighted by Gasteiger charge is -2.43. The number of piperidine rings is 2. The van der Waals surface area contributed by atoms with Gasteiger partial charge in [-0.25, -0.2) is 4.79 Å². The van der Waals surface area contributed by atoms with Crippen molar-refractivity contribution in [1.29, 1.82) is 0 Å². The van der Waals surface area contributed by atoms with E-state index in [2.05, 4.69) is 10.3 Å². The number of urea groups is 1. The zero-order chi connectivity index (χ0) is 20.6. The van der Waals surface area contributed by atoms with E-state index in [-0.39, 0.29) is 36.6 Å². The fourth-order valence-corrected chi connectivity index (χ4v) is 4.25. The second-order valence-corrected chi connectivity index (χ2v) is 7.77. The third-order valence-corrected chi connectivity index (χ3v) is 5.89. The van der Waals surface area contributed by atoms with E-state index in [1.807, 2.05) is 0 Å². The molecule has 0 aliphatic carbocycles. The van der Waals surface area contributed by atoms with Gasteiger partial charge in [0.2, 0.25) is 5.91 Å². The summed E-state index contributed by atoms with van der Waals surface area (Å²) in [6.07, 6.45) is -1.57. The van der Waals surface area contributed by atoms with E-state index in [1.54, 1.807) is 9.80 Å². The number of fused-ring (bicyclic) bond motifs is 1. The number of nitrogens with one attached hydrogen (secondary N) is 1. The van der Waals surface area contributed by atoms with Crippen LogP contribution in [0.3, 0.4) is 0 Å². The quantitative estimate of drug-likeness (QED) is 0.766. The summed E-state index contributed by atoms with van der Waals surface area (Å²) in [6, 6.07) is 2.25. The molecular weight excluding hydrogens is 389 g/mol. The summed E-state index contributed by atoms with van der Waals surface area (Å²) < 4.78 is 43.6. The number of aromatic nitrogens is 1. The Hall–Kier alpha value is -2.36. The van der Waals surface area contributed by atoms with Gasteiger partial charge in [-0.15, -0.1) is 0 Å². The fourth-order valence-electron chi connectivity index (χ4n) is 4.25. The van der Waals surface area contributed by atoms with Crippen molar-refractivity contribution in [1.82, 2.24) is 20.1 Å². The first kappa shape index (κ1) is 19.9. The third-order valence-electron chi connectivity index (χ3n) is 5.89. The Bertz CT molecular complexity index is 763. The lowest BCUT2D eigenvalue weighted by Crippen LogP contribution is -2.62. The third kappa shape index (κ3) is 4.31. The van der Waals surface area contributed by atoms with Crippen LogP contribution < -0.4 is 5.32 Å². The van der Waals surface area contributed by atoms with Gasteiger partial charge in [0.1, 0.15) is 6.61 Å². The molecule has 3 amide bonds. The summed E-state index contributed by atoms with van der Waals surface area (Å²) in [6.45, 7) is 2.13. The number of rotatable bonds is 1. The van der Waals surface area contributed by atoms with Gasteiger partial charge in [-0.2, -0.15) is 13.2 Å². The van der Waals surface area contributed by atoms with Crippen molar-refractivity contribution in [3.8, 4) is 0 Å². The number of alkyl halides is 3. The van der Waals surface area contributed by atoms with Gasteiger partial charge in [0, 0.05) is 44.0 Å². The Morgan fingerprint density at radius 2 is 1.86 bits per heavy atom. The number of amides is 3. The maximum absolute atomic E-state index is 12.9. The Kier molecular flexibility index (Phi) is 5.37. The van der Waals surface area contributed by atoms with Crippen LogP contribution in [0.1, 0.15) is 36.4 Å². The van der Waals surface area contributed by atoms with Crippen molar-refractivity contribution in [3.63, 3.8) is 0 Å². The zero-order valence-corrected chi connectivity index (χ0v) is 15.8. The van der Waals surface area contributed by atoms with Gasteiger partial charge in [0.15, 0.2) is 0 Å². The molecule has 158 valence electrons. The van der Waals surface area contributed by atoms with Gasteiger partial charge in [-0.1, -0.05) is 0 Å². The second kappa shape index (κ2) is 7.81. The molecule has 1 N–H and O–H groups in total. The number of nitrogens with zero attached hydrogens (tertiary/aromatic N) is 3. The molecule has 3 fully saturated rings. The number of carbonyl (C=O) groups is 2. The number of ether oxygens (including phenoxy) is 1. The number of morpholine rings is 1. The van der Waals surface area contributed by atoms with Gasteiger partial charge < -0.3 is 19.9 Å². The predicted molar refractivity (Wildman–Crippen MR) is 96.0 cm³/mol. The molecule has 1 aromatic heterocycles. The first-order chi connectivity index (χ1) is 13.8. The van der Waals surface area contributed by atoms with Crippen molar-refractivity contribution in [2.45, 2.75) is 43.5 Å². The van der Waals surface area contributed by atoms with E-state index in [0.29, 0.717) is 51.1 Å². The molecule has 0 bridgehead atoms. The van der Waals surface area contributed by atoms with E-state index in [4.69, 9.17) is 4.74 Å². The normalized spacial score (nSPS) is 26.1. The van der Waals surface area contributed by atoms with E-state index in [1.165, 1.54) is 6.07 Å². The van der Waals surface area contributed by atoms with Crippen LogP contribution in [-0.4, -0.2) is 71.7 Å². The van der Waals surface area contributed by atoms with Crippen molar-refractivity contribution in [2.24, 2.45) is 0 Å². The van der Waals surface area contributed by atoms with Crippen LogP contribution in [-0.2, 0) is 15.7 Å². The molecule has 4 heterocycles. The number of hydrogen-bond acceptors (Lipinski definition) is 4. The van der Waals surface area contributed by atoms with Crippen LogP contribution in [0.2, 0.25) is 0 Å². The van der Waals surface area contributed by atoms with Crippen LogP contribution in [0.5, 0.6) is 0 Å². The molecule has 0 saturated carbocycles. The van der Waals surface area contributed by atoms with Gasteiger partial charge in [0.05, 0.1) is 17.7 Å². The molecule has 3 saturated heterocycles. The van der Waals surface area contributed by atoms with Gasteiger partial charge in [0.25, 0.3) is 0 Å². The minimum absolute atomic E-state index is 0.0399. The molecule has 2 atom stereocenters. The number of pyridine rings is 1. The second-order valence-electron chi connectivity index (χ2n) is 7.77. The average Bonchev–Trinajstić information content (AvgIpc) is 2.72. The lowest BCUT2D eigenvalue weighted by molar-refractivity contribution is -0.140. The Labute approximate surface area is 166 Å². The van der Waals surface area contributed by atoms with Crippen molar-refractivity contribution in [3.05, 3.63) is 29.6 Å². The van der Waals surface area contributed by atoms with E-state index < -0.39 is 11.7 Å². The smallest absolute Gasteiger partial charge is 0.366 e. The average molecular weight is 412 g/mol. The molecule has 0 aromatic carbocycles. The Balaban J connectivity index is 1.31. The number of carbonyl (C=O) groups excluding carboxylic acids is 2. The first-order valence-electron chi connectivity index (χ1n) is 9.79. The van der Waals surface area contributed by atoms with Crippen LogP contribution in [0.25, 0.3) is 0 Å². The highest BCUT2D eigenvalue weighted by atomic mass is 19.4. The molecule has 1 aromatic rings. The highest BCUT2D eigenvalue weighted by Crippen LogP contribution is 2.32. The van der Waals surface area contributed by atoms with Gasteiger partial charge in [-0.05, 0) is 31.4 Å².